The Morgan fingerprint density at radius 1 is 1.30 bits per heavy atom. The van der Waals surface area contributed by atoms with E-state index in [4.69, 9.17) is 10.5 Å². The van der Waals surface area contributed by atoms with E-state index in [9.17, 15) is 14.0 Å². The summed E-state index contributed by atoms with van der Waals surface area (Å²) in [5.41, 5.74) is 6.94. The van der Waals surface area contributed by atoms with Crippen molar-refractivity contribution < 1.29 is 18.7 Å². The van der Waals surface area contributed by atoms with Crippen molar-refractivity contribution in [1.29, 1.82) is 0 Å². The zero-order valence-corrected chi connectivity index (χ0v) is 14.8. The number of carbonyl (C=O) groups excluding carboxylic acids is 2. The van der Waals surface area contributed by atoms with Crippen molar-refractivity contribution in [2.75, 3.05) is 7.11 Å². The minimum absolute atomic E-state index is 0.0503. The van der Waals surface area contributed by atoms with E-state index >= 15 is 0 Å². The number of halogens is 1. The first-order valence-corrected chi connectivity index (χ1v) is 8.14. The van der Waals surface area contributed by atoms with Gasteiger partial charge in [-0.3, -0.25) is 9.59 Å². The van der Waals surface area contributed by atoms with E-state index in [1.807, 2.05) is 0 Å². The van der Waals surface area contributed by atoms with Gasteiger partial charge >= 0.3 is 0 Å². The molecule has 0 spiro atoms. The summed E-state index contributed by atoms with van der Waals surface area (Å²) >= 11 is 0. The molecule has 27 heavy (non-hydrogen) atoms. The number of nitrogens with two attached hydrogens (primary N) is 1. The molecule has 8 nitrogen and oxygen atoms in total. The predicted octanol–water partition coefficient (Wildman–Crippen LogP) is 1.60. The maximum absolute atomic E-state index is 13.1. The zero-order chi connectivity index (χ0) is 19.6. The second-order valence-electron chi connectivity index (χ2n) is 5.93. The summed E-state index contributed by atoms with van der Waals surface area (Å²) in [5.74, 6) is -1.49. The van der Waals surface area contributed by atoms with E-state index < -0.39 is 11.8 Å². The van der Waals surface area contributed by atoms with Crippen LogP contribution in [0.15, 0.2) is 36.5 Å². The normalized spacial score (nSPS) is 12.1. The molecule has 2 aromatic heterocycles. The molecule has 3 N–H and O–H groups in total. The predicted molar refractivity (Wildman–Crippen MR) is 94.5 cm³/mol. The van der Waals surface area contributed by atoms with Gasteiger partial charge in [0.25, 0.3) is 11.8 Å². The van der Waals surface area contributed by atoms with Gasteiger partial charge in [-0.05, 0) is 30.7 Å². The van der Waals surface area contributed by atoms with Crippen LogP contribution in [-0.2, 0) is 11.3 Å². The van der Waals surface area contributed by atoms with Gasteiger partial charge in [0.1, 0.15) is 22.8 Å². The summed E-state index contributed by atoms with van der Waals surface area (Å²) in [7, 11) is 1.46. The molecular weight excluding hydrogens is 353 g/mol. The van der Waals surface area contributed by atoms with Crippen LogP contribution in [0, 0.1) is 5.82 Å². The van der Waals surface area contributed by atoms with E-state index in [1.165, 1.54) is 36.0 Å². The SMILES string of the molecule is COCc1nn2c(C(=O)NC(C)c3ccc(F)cc3)ccnc2c1C(N)=O. The molecule has 140 valence electrons. The van der Waals surface area contributed by atoms with Gasteiger partial charge in [0.2, 0.25) is 0 Å². The van der Waals surface area contributed by atoms with E-state index in [0.717, 1.165) is 5.56 Å². The average molecular weight is 371 g/mol. The highest BCUT2D eigenvalue weighted by atomic mass is 19.1. The van der Waals surface area contributed by atoms with E-state index in [-0.39, 0.29) is 35.4 Å². The molecule has 1 atom stereocenters. The van der Waals surface area contributed by atoms with Crippen molar-refractivity contribution in [3.8, 4) is 0 Å². The molecule has 3 rings (SSSR count). The number of methoxy groups -OCH3 is 1. The second-order valence-corrected chi connectivity index (χ2v) is 5.93. The van der Waals surface area contributed by atoms with Crippen LogP contribution in [0.5, 0.6) is 0 Å². The molecule has 0 fully saturated rings. The lowest BCUT2D eigenvalue weighted by Crippen LogP contribution is -2.28. The van der Waals surface area contributed by atoms with Gasteiger partial charge in [-0.1, -0.05) is 12.1 Å². The molecule has 0 radical (unpaired) electrons. The number of nitrogens with zero attached hydrogens (tertiary/aromatic N) is 3. The molecule has 1 unspecified atom stereocenters. The zero-order valence-electron chi connectivity index (χ0n) is 14.8. The fraction of sp³-hybridized carbons (Fsp3) is 0.222. The molecule has 2 heterocycles. The Hall–Kier alpha value is -3.33. The third-order valence-corrected chi connectivity index (χ3v) is 4.07. The smallest absolute Gasteiger partial charge is 0.270 e. The molecule has 1 aromatic carbocycles. The molecule has 0 aliphatic rings. The van der Waals surface area contributed by atoms with Crippen molar-refractivity contribution >= 4 is 17.5 Å². The fourth-order valence-electron chi connectivity index (χ4n) is 2.76. The van der Waals surface area contributed by atoms with Gasteiger partial charge in [0.05, 0.1) is 12.6 Å². The maximum Gasteiger partial charge on any atom is 0.270 e. The highest BCUT2D eigenvalue weighted by molar-refractivity contribution is 6.01. The van der Waals surface area contributed by atoms with Gasteiger partial charge in [0.15, 0.2) is 5.65 Å². The summed E-state index contributed by atoms with van der Waals surface area (Å²) in [6.45, 7) is 1.83. The van der Waals surface area contributed by atoms with Crippen LogP contribution in [0.1, 0.15) is 45.1 Å². The molecule has 0 aliphatic carbocycles. The van der Waals surface area contributed by atoms with E-state index in [0.29, 0.717) is 5.69 Å². The summed E-state index contributed by atoms with van der Waals surface area (Å²) in [6.07, 6.45) is 1.40. The molecule has 3 aromatic rings. The number of primary amides is 1. The average Bonchev–Trinajstić information content (AvgIpc) is 3.00. The first kappa shape index (κ1) is 18.5. The van der Waals surface area contributed by atoms with Crippen molar-refractivity contribution in [3.63, 3.8) is 0 Å². The van der Waals surface area contributed by atoms with Gasteiger partial charge in [-0.25, -0.2) is 13.9 Å². The first-order chi connectivity index (χ1) is 12.9. The Labute approximate surface area is 154 Å². The molecule has 0 bridgehead atoms. The highest BCUT2D eigenvalue weighted by Crippen LogP contribution is 2.18. The Bertz CT molecular complexity index is 1000. The van der Waals surface area contributed by atoms with Gasteiger partial charge < -0.3 is 15.8 Å². The lowest BCUT2D eigenvalue weighted by molar-refractivity contribution is 0.0930. The molecule has 0 saturated heterocycles. The van der Waals surface area contributed by atoms with Crippen LogP contribution in [0.25, 0.3) is 5.65 Å². The van der Waals surface area contributed by atoms with Crippen molar-refractivity contribution in [1.82, 2.24) is 19.9 Å². The second kappa shape index (κ2) is 7.50. The van der Waals surface area contributed by atoms with Crippen LogP contribution in [0.3, 0.4) is 0 Å². The minimum atomic E-state index is -0.707. The molecule has 0 saturated carbocycles. The van der Waals surface area contributed by atoms with E-state index in [1.54, 1.807) is 19.1 Å². The van der Waals surface area contributed by atoms with Crippen LogP contribution in [-0.4, -0.2) is 33.5 Å². The number of aromatic nitrogens is 3. The summed E-state index contributed by atoms with van der Waals surface area (Å²) in [5, 5.41) is 7.07. The Kier molecular flexibility index (Phi) is 5.13. The number of hydrogen-bond acceptors (Lipinski definition) is 5. The number of hydrogen-bond donors (Lipinski definition) is 2. The van der Waals surface area contributed by atoms with Crippen molar-refractivity contribution in [2.45, 2.75) is 19.6 Å². The topological polar surface area (TPSA) is 112 Å². The largest absolute Gasteiger partial charge is 0.378 e. The van der Waals surface area contributed by atoms with Crippen LogP contribution in [0.2, 0.25) is 0 Å². The highest BCUT2D eigenvalue weighted by Gasteiger charge is 2.23. The lowest BCUT2D eigenvalue weighted by Gasteiger charge is -2.14. The summed E-state index contributed by atoms with van der Waals surface area (Å²) < 4.78 is 19.4. The number of ether oxygens (including phenoxy) is 1. The first-order valence-electron chi connectivity index (χ1n) is 8.14. The van der Waals surface area contributed by atoms with E-state index in [2.05, 4.69) is 15.4 Å². The Morgan fingerprint density at radius 2 is 2.00 bits per heavy atom. The third-order valence-electron chi connectivity index (χ3n) is 4.07. The number of nitrogens with one attached hydrogen (secondary N) is 1. The van der Waals surface area contributed by atoms with Gasteiger partial charge in [-0.2, -0.15) is 5.10 Å². The van der Waals surface area contributed by atoms with Gasteiger partial charge in [0, 0.05) is 13.3 Å². The minimum Gasteiger partial charge on any atom is -0.378 e. The summed E-state index contributed by atoms with van der Waals surface area (Å²) in [6, 6.07) is 6.95. The Morgan fingerprint density at radius 3 is 2.63 bits per heavy atom. The standard InChI is InChI=1S/C18H18FN5O3/c1-10(11-3-5-12(19)6-4-11)22-18(26)14-7-8-21-17-15(16(20)25)13(9-27-2)23-24(14)17/h3-8,10H,9H2,1-2H3,(H2,20,25)(H,22,26). The van der Waals surface area contributed by atoms with Crippen LogP contribution >= 0.6 is 0 Å². The number of amides is 2. The third kappa shape index (κ3) is 3.63. The lowest BCUT2D eigenvalue weighted by atomic mass is 10.1. The number of fused-ring (bicyclic) bond motifs is 1. The number of carbonyl (C=O) groups is 2. The van der Waals surface area contributed by atoms with Crippen LogP contribution in [0.4, 0.5) is 4.39 Å². The summed E-state index contributed by atoms with van der Waals surface area (Å²) in [4.78, 5) is 28.6. The van der Waals surface area contributed by atoms with Crippen molar-refractivity contribution in [3.05, 3.63) is 64.9 Å². The molecule has 9 heteroatoms. The monoisotopic (exact) mass is 371 g/mol. The Balaban J connectivity index is 1.96. The molecule has 0 aliphatic heterocycles. The van der Waals surface area contributed by atoms with Crippen LogP contribution < -0.4 is 11.1 Å². The number of benzene rings is 1. The fourth-order valence-corrected chi connectivity index (χ4v) is 2.76. The maximum atomic E-state index is 13.1. The van der Waals surface area contributed by atoms with Gasteiger partial charge in [-0.15, -0.1) is 0 Å². The molecule has 2 amide bonds. The van der Waals surface area contributed by atoms with Crippen molar-refractivity contribution in [2.24, 2.45) is 5.73 Å². The molecular formula is C18H18FN5O3. The number of rotatable bonds is 6. The quantitative estimate of drug-likeness (QED) is 0.684.